The number of aliphatic hydroxyl groups excluding tert-OH is 3. The van der Waals surface area contributed by atoms with E-state index in [0.717, 1.165) is 6.42 Å². The standard InChI is InChI=1S/C41H49NO11/c1-50-39-25-30(19-24-40(46)51-27-31-13-15-32(16-14-31)28-52-42(48)49)18-23-38(39)53-41(47)12-8-3-2-7-11-34-35(37(45)26-36(34)44)22-21-33(43)20-17-29-9-5-4-6-10-29/h2,4-7,9-10,13-16,18-19,23-25,33-37,43-45H,3,8,11-12,17,20-22,26-28H2,1H3/b7-2-,24-19+/t33-,34+,35+,36-,37+/m0/s1. The van der Waals surface area contributed by atoms with Crippen LogP contribution < -0.4 is 9.47 Å². The van der Waals surface area contributed by atoms with Crippen LogP contribution in [0.1, 0.15) is 73.6 Å². The van der Waals surface area contributed by atoms with E-state index in [4.69, 9.17) is 14.2 Å². The zero-order valence-corrected chi connectivity index (χ0v) is 30.0. The van der Waals surface area contributed by atoms with Crippen molar-refractivity contribution in [1.82, 2.24) is 0 Å². The van der Waals surface area contributed by atoms with Crippen molar-refractivity contribution in [2.75, 3.05) is 7.11 Å². The van der Waals surface area contributed by atoms with Crippen LogP contribution >= 0.6 is 0 Å². The van der Waals surface area contributed by atoms with Crippen molar-refractivity contribution in [2.24, 2.45) is 11.8 Å². The molecule has 0 amide bonds. The molecule has 53 heavy (non-hydrogen) atoms. The minimum atomic E-state index is -0.862. The molecule has 1 aliphatic rings. The fourth-order valence-corrected chi connectivity index (χ4v) is 6.42. The van der Waals surface area contributed by atoms with E-state index in [1.54, 1.807) is 48.5 Å². The summed E-state index contributed by atoms with van der Waals surface area (Å²) in [6, 6.07) is 21.6. The zero-order chi connectivity index (χ0) is 38.0. The summed E-state index contributed by atoms with van der Waals surface area (Å²) in [5.74, 6) is -0.571. The third kappa shape index (κ3) is 14.1. The number of allylic oxidation sites excluding steroid dienone is 2. The van der Waals surface area contributed by atoms with Gasteiger partial charge in [0.2, 0.25) is 0 Å². The van der Waals surface area contributed by atoms with Crippen molar-refractivity contribution < 1.29 is 49.0 Å². The Balaban J connectivity index is 1.14. The van der Waals surface area contributed by atoms with E-state index in [1.165, 1.54) is 18.7 Å². The maximum atomic E-state index is 12.6. The number of hydrogen-bond acceptors (Lipinski definition) is 11. The highest BCUT2D eigenvalue weighted by Gasteiger charge is 2.40. The summed E-state index contributed by atoms with van der Waals surface area (Å²) in [6.07, 6.45) is 10.2. The lowest BCUT2D eigenvalue weighted by atomic mass is 9.85. The van der Waals surface area contributed by atoms with Gasteiger partial charge in [-0.3, -0.25) is 4.79 Å². The van der Waals surface area contributed by atoms with Crippen molar-refractivity contribution in [3.63, 3.8) is 0 Å². The van der Waals surface area contributed by atoms with Gasteiger partial charge in [-0.15, -0.1) is 10.1 Å². The topological polar surface area (TPSA) is 175 Å². The number of carbonyl (C=O) groups is 2. The molecular formula is C41H49NO11. The Morgan fingerprint density at radius 1 is 0.906 bits per heavy atom. The Morgan fingerprint density at radius 2 is 1.62 bits per heavy atom. The maximum Gasteiger partial charge on any atom is 0.331 e. The first-order valence-electron chi connectivity index (χ1n) is 17.9. The van der Waals surface area contributed by atoms with Gasteiger partial charge >= 0.3 is 11.9 Å². The van der Waals surface area contributed by atoms with Gasteiger partial charge in [0.1, 0.15) is 13.2 Å². The summed E-state index contributed by atoms with van der Waals surface area (Å²) in [6.45, 7) is -0.147. The Kier molecular flexibility index (Phi) is 16.5. The highest BCUT2D eigenvalue weighted by atomic mass is 16.9. The van der Waals surface area contributed by atoms with Gasteiger partial charge in [-0.2, -0.15) is 0 Å². The van der Waals surface area contributed by atoms with E-state index in [9.17, 15) is 35.0 Å². The van der Waals surface area contributed by atoms with Crippen molar-refractivity contribution in [3.05, 3.63) is 123 Å². The van der Waals surface area contributed by atoms with Gasteiger partial charge in [-0.05, 0) is 104 Å². The SMILES string of the molecule is COc1cc(/C=C/C(=O)OCc2ccc(CO[N+](=O)[O-])cc2)ccc1OC(=O)CCC/C=C\C[C@@H]1[C@@H](CC[C@@H](O)CCc2ccccc2)[C@H](O)C[C@@H]1O. The summed E-state index contributed by atoms with van der Waals surface area (Å²) in [5, 5.41) is 41.2. The quantitative estimate of drug-likeness (QED) is 0.0213. The van der Waals surface area contributed by atoms with Crippen LogP contribution in [0.4, 0.5) is 0 Å². The van der Waals surface area contributed by atoms with E-state index >= 15 is 0 Å². The molecular weight excluding hydrogens is 682 g/mol. The van der Waals surface area contributed by atoms with Crippen molar-refractivity contribution in [1.29, 1.82) is 0 Å². The molecule has 0 heterocycles. The molecule has 0 spiro atoms. The lowest BCUT2D eigenvalue weighted by Crippen LogP contribution is -2.23. The Hall–Kier alpha value is -5.04. The number of hydrogen-bond donors (Lipinski definition) is 3. The molecule has 12 nitrogen and oxygen atoms in total. The second-order valence-electron chi connectivity index (χ2n) is 13.2. The number of benzene rings is 3. The molecule has 0 aliphatic heterocycles. The van der Waals surface area contributed by atoms with E-state index < -0.39 is 35.3 Å². The second kappa shape index (κ2) is 21.5. The van der Waals surface area contributed by atoms with Gasteiger partial charge in [0.05, 0.1) is 25.4 Å². The molecule has 0 radical (unpaired) electrons. The first-order chi connectivity index (χ1) is 25.6. The Bertz CT molecular complexity index is 1660. The Labute approximate surface area is 309 Å². The van der Waals surface area contributed by atoms with Crippen molar-refractivity contribution in [2.45, 2.75) is 89.3 Å². The van der Waals surface area contributed by atoms with Crippen LogP contribution in [0.15, 0.2) is 91.0 Å². The molecule has 12 heteroatoms. The molecule has 3 aromatic rings. The number of aryl methyl sites for hydroxylation is 1. The lowest BCUT2D eigenvalue weighted by molar-refractivity contribution is -0.763. The molecule has 5 atom stereocenters. The largest absolute Gasteiger partial charge is 0.493 e. The van der Waals surface area contributed by atoms with Gasteiger partial charge in [0.15, 0.2) is 11.5 Å². The van der Waals surface area contributed by atoms with Crippen LogP contribution in [-0.4, -0.2) is 57.8 Å². The lowest BCUT2D eigenvalue weighted by Gasteiger charge is -2.23. The third-order valence-electron chi connectivity index (χ3n) is 9.35. The van der Waals surface area contributed by atoms with Crippen LogP contribution in [0.25, 0.3) is 6.08 Å². The van der Waals surface area contributed by atoms with Gasteiger partial charge in [0.25, 0.3) is 5.09 Å². The molecule has 284 valence electrons. The molecule has 1 saturated carbocycles. The number of rotatable bonds is 21. The average molecular weight is 732 g/mol. The summed E-state index contributed by atoms with van der Waals surface area (Å²) < 4.78 is 16.2. The first kappa shape index (κ1) is 40.7. The molecule has 0 bridgehead atoms. The maximum absolute atomic E-state index is 12.6. The number of esters is 2. The van der Waals surface area contributed by atoms with E-state index in [2.05, 4.69) is 4.84 Å². The highest BCUT2D eigenvalue weighted by molar-refractivity contribution is 5.87. The fraction of sp³-hybridized carbons (Fsp3) is 0.415. The second-order valence-corrected chi connectivity index (χ2v) is 13.2. The smallest absolute Gasteiger partial charge is 0.331 e. The highest BCUT2D eigenvalue weighted by Crippen LogP contribution is 2.38. The summed E-state index contributed by atoms with van der Waals surface area (Å²) in [5.41, 5.74) is 3.13. The van der Waals surface area contributed by atoms with Crippen LogP contribution in [0.5, 0.6) is 11.5 Å². The average Bonchev–Trinajstić information content (AvgIpc) is 3.43. The van der Waals surface area contributed by atoms with Crippen LogP contribution in [0, 0.1) is 22.0 Å². The van der Waals surface area contributed by atoms with Crippen molar-refractivity contribution in [3.8, 4) is 11.5 Å². The van der Waals surface area contributed by atoms with E-state index in [-0.39, 0.29) is 37.2 Å². The molecule has 3 N–H and O–H groups in total. The molecule has 3 aromatic carbocycles. The fourth-order valence-electron chi connectivity index (χ4n) is 6.42. The molecule has 0 unspecified atom stereocenters. The van der Waals surface area contributed by atoms with Gasteiger partial charge < -0.3 is 34.4 Å². The normalized spacial score (nSPS) is 18.9. The van der Waals surface area contributed by atoms with E-state index in [0.29, 0.717) is 67.4 Å². The molecule has 0 aromatic heterocycles. The van der Waals surface area contributed by atoms with Crippen LogP contribution in [0.3, 0.4) is 0 Å². The minimum absolute atomic E-state index is 0.0176. The summed E-state index contributed by atoms with van der Waals surface area (Å²) in [4.78, 5) is 39.5. The van der Waals surface area contributed by atoms with Gasteiger partial charge in [-0.1, -0.05) is 72.8 Å². The van der Waals surface area contributed by atoms with Crippen LogP contribution in [0.2, 0.25) is 0 Å². The molecule has 4 rings (SSSR count). The summed E-state index contributed by atoms with van der Waals surface area (Å²) in [7, 11) is 1.45. The molecule has 0 saturated heterocycles. The summed E-state index contributed by atoms with van der Waals surface area (Å²) >= 11 is 0. The molecule has 1 fully saturated rings. The first-order valence-corrected chi connectivity index (χ1v) is 17.9. The predicted molar refractivity (Wildman–Crippen MR) is 197 cm³/mol. The third-order valence-corrected chi connectivity index (χ3v) is 9.35. The minimum Gasteiger partial charge on any atom is -0.493 e. The number of nitrogens with zero attached hydrogens (tertiary/aromatic N) is 1. The number of methoxy groups -OCH3 is 1. The van der Waals surface area contributed by atoms with Crippen LogP contribution in [-0.2, 0) is 38.8 Å². The molecule has 1 aliphatic carbocycles. The van der Waals surface area contributed by atoms with Gasteiger partial charge in [0, 0.05) is 12.5 Å². The zero-order valence-electron chi connectivity index (χ0n) is 30.0. The van der Waals surface area contributed by atoms with Gasteiger partial charge in [-0.25, -0.2) is 4.79 Å². The number of ether oxygens (including phenoxy) is 3. The van der Waals surface area contributed by atoms with E-state index in [1.807, 2.05) is 42.5 Å². The number of carbonyl (C=O) groups excluding carboxylic acids is 2. The number of unbranched alkanes of at least 4 members (excludes halogenated alkanes) is 1. The predicted octanol–water partition coefficient (Wildman–Crippen LogP) is 6.31. The van der Waals surface area contributed by atoms with Crippen molar-refractivity contribution >= 4 is 18.0 Å². The monoisotopic (exact) mass is 731 g/mol. The number of aliphatic hydroxyl groups is 3. The Morgan fingerprint density at radius 3 is 2.34 bits per heavy atom.